The van der Waals surface area contributed by atoms with Gasteiger partial charge in [0.2, 0.25) is 23.6 Å². The summed E-state index contributed by atoms with van der Waals surface area (Å²) >= 11 is 0.907. The Balaban J connectivity index is 1.18. The molecule has 4 aromatic rings. The van der Waals surface area contributed by atoms with E-state index in [1.807, 2.05) is 52.0 Å². The Labute approximate surface area is 405 Å². The summed E-state index contributed by atoms with van der Waals surface area (Å²) in [5, 5.41) is 39.4. The van der Waals surface area contributed by atoms with Gasteiger partial charge in [-0.3, -0.25) is 39.4 Å². The molecule has 0 radical (unpaired) electrons. The molecule has 2 saturated carbocycles. The van der Waals surface area contributed by atoms with Gasteiger partial charge in [0.05, 0.1) is 30.8 Å². The van der Waals surface area contributed by atoms with Crippen molar-refractivity contribution in [2.75, 3.05) is 39.3 Å². The van der Waals surface area contributed by atoms with Crippen LogP contribution in [0, 0.1) is 20.2 Å². The van der Waals surface area contributed by atoms with Gasteiger partial charge in [0.15, 0.2) is 0 Å². The maximum absolute atomic E-state index is 13.7. The van der Waals surface area contributed by atoms with Gasteiger partial charge in [-0.15, -0.1) is 0 Å². The van der Waals surface area contributed by atoms with E-state index < -0.39 is 21.9 Å². The summed E-state index contributed by atoms with van der Waals surface area (Å²) in [6, 6.07) is 20.5. The van der Waals surface area contributed by atoms with Crippen LogP contribution in [0.4, 0.5) is 11.4 Å². The van der Waals surface area contributed by atoms with Crippen molar-refractivity contribution in [3.63, 3.8) is 0 Å². The second-order valence-electron chi connectivity index (χ2n) is 18.7. The summed E-state index contributed by atoms with van der Waals surface area (Å²) in [7, 11) is 0. The molecule has 69 heavy (non-hydrogen) atoms. The quantitative estimate of drug-likeness (QED) is 0.0494. The van der Waals surface area contributed by atoms with Gasteiger partial charge in [-0.1, -0.05) is 100 Å². The van der Waals surface area contributed by atoms with Crippen LogP contribution in [0.3, 0.4) is 0 Å². The van der Waals surface area contributed by atoms with Crippen LogP contribution in [0.5, 0.6) is 0 Å². The summed E-state index contributed by atoms with van der Waals surface area (Å²) in [4.78, 5) is 82.7. The van der Waals surface area contributed by atoms with Crippen molar-refractivity contribution in [1.82, 2.24) is 31.1 Å². The standard InChI is InChI=1S/C52H58N8O8S/c1-31(2)37-9-5-7-11-39(37)47-33(15-23-45(61)57-27-25-53-41(29-57)51(63)55-35-17-18-35)13-21-43(49(47)59(65)66)69-44-22-14-34(48(50(44)60(67)68)40-12-8-6-10-38(40)32(3)4)16-24-46(62)58-28-26-54-42(30-58)52(64)56-36-19-20-36/h5-16,21-24,31-32,35-36,41-42,53-54H,17-20,25-30H2,1-4H3,(H,55,63)(H,56,64)/b23-15+,24-16+. The second-order valence-corrected chi connectivity index (χ2v) is 19.8. The predicted octanol–water partition coefficient (Wildman–Crippen LogP) is 7.42. The van der Waals surface area contributed by atoms with Crippen molar-refractivity contribution in [1.29, 1.82) is 0 Å². The Morgan fingerprint density at radius 2 is 1.01 bits per heavy atom. The Bertz CT molecular complexity index is 2550. The highest BCUT2D eigenvalue weighted by Gasteiger charge is 2.35. The Hall–Kier alpha value is -6.69. The van der Waals surface area contributed by atoms with Gasteiger partial charge in [-0.25, -0.2) is 0 Å². The summed E-state index contributed by atoms with van der Waals surface area (Å²) < 4.78 is 0. The van der Waals surface area contributed by atoms with E-state index in [0.29, 0.717) is 48.4 Å². The lowest BCUT2D eigenvalue weighted by atomic mass is 9.89. The van der Waals surface area contributed by atoms with Crippen LogP contribution in [0.25, 0.3) is 34.4 Å². The van der Waals surface area contributed by atoms with Crippen LogP contribution in [-0.2, 0) is 19.2 Å². The minimum atomic E-state index is -0.559. The molecule has 17 heteroatoms. The number of nitrogens with zero attached hydrogens (tertiary/aromatic N) is 4. The van der Waals surface area contributed by atoms with Crippen LogP contribution >= 0.6 is 11.8 Å². The molecular weight excluding hydrogens is 897 g/mol. The monoisotopic (exact) mass is 954 g/mol. The van der Waals surface area contributed by atoms with Gasteiger partial charge < -0.3 is 31.1 Å². The van der Waals surface area contributed by atoms with Crippen molar-refractivity contribution in [2.24, 2.45) is 0 Å². The summed E-state index contributed by atoms with van der Waals surface area (Å²) in [6.07, 6.45) is 9.64. The normalized spacial score (nSPS) is 18.5. The van der Waals surface area contributed by atoms with E-state index in [9.17, 15) is 39.4 Å². The van der Waals surface area contributed by atoms with Crippen LogP contribution in [0.15, 0.2) is 94.7 Å². The maximum Gasteiger partial charge on any atom is 0.291 e. The zero-order valence-corrected chi connectivity index (χ0v) is 40.1. The highest BCUT2D eigenvalue weighted by Crippen LogP contribution is 2.50. The van der Waals surface area contributed by atoms with Gasteiger partial charge in [-0.05, 0) is 95.2 Å². The molecule has 4 aromatic carbocycles. The molecular formula is C52H58N8O8S. The number of rotatable bonds is 16. The van der Waals surface area contributed by atoms with E-state index in [4.69, 9.17) is 0 Å². The molecule has 2 aliphatic heterocycles. The molecule has 4 amide bonds. The maximum atomic E-state index is 13.7. The first-order valence-electron chi connectivity index (χ1n) is 23.7. The van der Waals surface area contributed by atoms with Crippen molar-refractivity contribution in [3.05, 3.63) is 127 Å². The van der Waals surface area contributed by atoms with Gasteiger partial charge in [-0.2, -0.15) is 0 Å². The lowest BCUT2D eigenvalue weighted by Crippen LogP contribution is -2.58. The number of nitro groups is 2. The van der Waals surface area contributed by atoms with E-state index >= 15 is 0 Å². The fraction of sp³-hybridized carbons (Fsp3) is 0.385. The van der Waals surface area contributed by atoms with E-state index in [-0.39, 0.29) is 92.9 Å². The average Bonchev–Trinajstić information content (AvgIpc) is 4.31. The minimum absolute atomic E-state index is 0.0490. The predicted molar refractivity (Wildman–Crippen MR) is 267 cm³/mol. The molecule has 4 N–H and O–H groups in total. The summed E-state index contributed by atoms with van der Waals surface area (Å²) in [5.74, 6) is -1.09. The highest BCUT2D eigenvalue weighted by molar-refractivity contribution is 7.99. The Kier molecular flexibility index (Phi) is 15.1. The third kappa shape index (κ3) is 11.4. The molecule has 2 unspecified atom stereocenters. The zero-order chi connectivity index (χ0) is 48.9. The van der Waals surface area contributed by atoms with Crippen LogP contribution in [0.2, 0.25) is 0 Å². The van der Waals surface area contributed by atoms with Crippen LogP contribution < -0.4 is 21.3 Å². The fourth-order valence-electron chi connectivity index (χ4n) is 8.96. The van der Waals surface area contributed by atoms with Gasteiger partial charge in [0.25, 0.3) is 11.4 Å². The topological polar surface area (TPSA) is 209 Å². The number of nitro benzene ring substituents is 2. The number of amides is 4. The zero-order valence-electron chi connectivity index (χ0n) is 39.2. The number of hydrogen-bond donors (Lipinski definition) is 4. The molecule has 2 heterocycles. The van der Waals surface area contributed by atoms with Crippen LogP contribution in [0.1, 0.15) is 87.5 Å². The van der Waals surface area contributed by atoms with Crippen LogP contribution in [-0.4, -0.2) is 107 Å². The molecule has 2 aliphatic carbocycles. The molecule has 16 nitrogen and oxygen atoms in total. The third-order valence-electron chi connectivity index (χ3n) is 12.9. The molecule has 0 aromatic heterocycles. The van der Waals surface area contributed by atoms with Gasteiger partial charge in [0, 0.05) is 63.5 Å². The number of benzene rings is 4. The lowest BCUT2D eigenvalue weighted by molar-refractivity contribution is -0.387. The van der Waals surface area contributed by atoms with Crippen molar-refractivity contribution in [2.45, 2.75) is 99.2 Å². The van der Waals surface area contributed by atoms with Crippen molar-refractivity contribution >= 4 is 58.9 Å². The molecule has 4 aliphatic rings. The average molecular weight is 955 g/mol. The third-order valence-corrected chi connectivity index (χ3v) is 14.0. The number of piperazine rings is 2. The molecule has 8 rings (SSSR count). The molecule has 2 atom stereocenters. The molecule has 4 fully saturated rings. The number of carbonyl (C=O) groups is 4. The lowest BCUT2D eigenvalue weighted by Gasteiger charge is -2.32. The Morgan fingerprint density at radius 3 is 1.38 bits per heavy atom. The van der Waals surface area contributed by atoms with Gasteiger partial charge >= 0.3 is 0 Å². The van der Waals surface area contributed by atoms with E-state index in [1.54, 1.807) is 70.5 Å². The SMILES string of the molecule is CC(C)c1ccccc1-c1c(/C=C/C(=O)N2CCNC(C(=O)NC3CC3)C2)ccc(Sc2ccc(/C=C/C(=O)N3CCNC(C(=O)NC4CC4)C3)c(-c3ccccc3C(C)C)c2[N+](=O)[O-])c1[N+](=O)[O-]. The van der Waals surface area contributed by atoms with E-state index in [0.717, 1.165) is 48.6 Å². The first-order valence-corrected chi connectivity index (χ1v) is 24.5. The Morgan fingerprint density at radius 1 is 0.623 bits per heavy atom. The first kappa shape index (κ1) is 48.8. The summed E-state index contributed by atoms with van der Waals surface area (Å²) in [6.45, 7) is 9.90. The van der Waals surface area contributed by atoms with E-state index in [1.165, 1.54) is 12.2 Å². The fourth-order valence-corrected chi connectivity index (χ4v) is 10.0. The van der Waals surface area contributed by atoms with Crippen molar-refractivity contribution in [3.8, 4) is 22.3 Å². The van der Waals surface area contributed by atoms with Crippen molar-refractivity contribution < 1.29 is 29.0 Å². The smallest absolute Gasteiger partial charge is 0.291 e. The highest BCUT2D eigenvalue weighted by atomic mass is 32.2. The number of carbonyl (C=O) groups excluding carboxylic acids is 4. The molecule has 2 saturated heterocycles. The number of nitrogens with one attached hydrogen (secondary N) is 4. The largest absolute Gasteiger partial charge is 0.352 e. The number of hydrogen-bond acceptors (Lipinski definition) is 11. The molecule has 0 spiro atoms. The van der Waals surface area contributed by atoms with Gasteiger partial charge in [0.1, 0.15) is 12.1 Å². The molecule has 0 bridgehead atoms. The molecule has 360 valence electrons. The minimum Gasteiger partial charge on any atom is -0.352 e. The first-order chi connectivity index (χ1) is 33.2. The second kappa shape index (κ2) is 21.3. The summed E-state index contributed by atoms with van der Waals surface area (Å²) in [5.41, 5.74) is 3.57. The van der Waals surface area contributed by atoms with E-state index in [2.05, 4.69) is 21.3 Å².